The van der Waals surface area contributed by atoms with Gasteiger partial charge in [0.1, 0.15) is 10.3 Å². The highest BCUT2D eigenvalue weighted by Gasteiger charge is 2.62. The lowest BCUT2D eigenvalue weighted by Crippen LogP contribution is -2.20. The smallest absolute Gasteiger partial charge is 0.392 e. The molecule has 0 saturated heterocycles. The number of alkyl halides is 3. The van der Waals surface area contributed by atoms with Gasteiger partial charge in [0.25, 0.3) is 0 Å². The van der Waals surface area contributed by atoms with Crippen LogP contribution in [0.1, 0.15) is 20.3 Å². The third kappa shape index (κ3) is 5.43. The monoisotopic (exact) mass is 372 g/mol. The third-order valence-electron chi connectivity index (χ3n) is 3.63. The zero-order valence-electron chi connectivity index (χ0n) is 12.3. The molecule has 2 nitrogen and oxygen atoms in total. The summed E-state index contributed by atoms with van der Waals surface area (Å²) < 4.78 is 54.6. The van der Waals surface area contributed by atoms with Crippen LogP contribution in [0.15, 0.2) is 22.5 Å². The molecule has 3 atom stereocenters. The SMILES string of the molecule is C#CC(OC(=O)C1C(C=C(Cl)Cl)C1(C)C)C(F)=CCC(F)(F)F. The lowest BCUT2D eigenvalue weighted by atomic mass is 10.1. The van der Waals surface area contributed by atoms with Gasteiger partial charge in [0.15, 0.2) is 0 Å². The molecule has 8 heteroatoms. The van der Waals surface area contributed by atoms with Gasteiger partial charge in [0, 0.05) is 0 Å². The van der Waals surface area contributed by atoms with E-state index >= 15 is 0 Å². The molecule has 3 unspecified atom stereocenters. The summed E-state index contributed by atoms with van der Waals surface area (Å²) in [7, 11) is 0. The van der Waals surface area contributed by atoms with Gasteiger partial charge in [-0.2, -0.15) is 13.2 Å². The molecular weight excluding hydrogens is 359 g/mol. The Bertz CT molecular complexity index is 569. The highest BCUT2D eigenvalue weighted by Crippen LogP contribution is 2.60. The van der Waals surface area contributed by atoms with Crippen LogP contribution < -0.4 is 0 Å². The minimum Gasteiger partial charge on any atom is -0.441 e. The molecule has 0 radical (unpaired) electrons. The van der Waals surface area contributed by atoms with Crippen LogP contribution in [-0.4, -0.2) is 18.2 Å². The molecular formula is C15H14Cl2F4O2. The number of ether oxygens (including phenoxy) is 1. The first-order chi connectivity index (χ1) is 10.4. The van der Waals surface area contributed by atoms with Gasteiger partial charge in [0.2, 0.25) is 6.10 Å². The lowest BCUT2D eigenvalue weighted by Gasteiger charge is -2.12. The summed E-state index contributed by atoms with van der Waals surface area (Å²) in [6.07, 6.45) is -1.15. The second kappa shape index (κ2) is 7.14. The number of carbonyl (C=O) groups excluding carboxylic acids is 1. The second-order valence-electron chi connectivity index (χ2n) is 5.67. The van der Waals surface area contributed by atoms with E-state index in [9.17, 15) is 22.4 Å². The summed E-state index contributed by atoms with van der Waals surface area (Å²) in [4.78, 5) is 12.0. The van der Waals surface area contributed by atoms with E-state index in [1.807, 2.05) is 5.92 Å². The number of allylic oxidation sites excluding steroid dienone is 2. The van der Waals surface area contributed by atoms with E-state index in [0.29, 0.717) is 0 Å². The van der Waals surface area contributed by atoms with Crippen LogP contribution in [0.4, 0.5) is 17.6 Å². The van der Waals surface area contributed by atoms with Crippen molar-refractivity contribution in [3.05, 3.63) is 22.5 Å². The molecule has 1 saturated carbocycles. The molecule has 0 bridgehead atoms. The molecule has 0 aromatic carbocycles. The zero-order valence-corrected chi connectivity index (χ0v) is 13.8. The molecule has 1 fully saturated rings. The number of hydrogen-bond donors (Lipinski definition) is 0. The van der Waals surface area contributed by atoms with Gasteiger partial charge in [-0.25, -0.2) is 4.39 Å². The number of esters is 1. The van der Waals surface area contributed by atoms with E-state index in [1.165, 1.54) is 6.08 Å². The largest absolute Gasteiger partial charge is 0.441 e. The van der Waals surface area contributed by atoms with Crippen molar-refractivity contribution in [2.75, 3.05) is 0 Å². The van der Waals surface area contributed by atoms with Gasteiger partial charge in [-0.15, -0.1) is 6.42 Å². The summed E-state index contributed by atoms with van der Waals surface area (Å²) in [5.41, 5.74) is -0.516. The Balaban J connectivity index is 2.76. The van der Waals surface area contributed by atoms with Gasteiger partial charge in [-0.1, -0.05) is 43.0 Å². The van der Waals surface area contributed by atoms with Gasteiger partial charge in [0.05, 0.1) is 12.3 Å². The van der Waals surface area contributed by atoms with Crippen LogP contribution in [0.25, 0.3) is 0 Å². The molecule has 0 spiro atoms. The number of halogens is 6. The Morgan fingerprint density at radius 1 is 1.43 bits per heavy atom. The Labute approximate surface area is 141 Å². The van der Waals surface area contributed by atoms with E-state index in [1.54, 1.807) is 13.8 Å². The molecule has 1 aliphatic carbocycles. The molecule has 23 heavy (non-hydrogen) atoms. The first-order valence-corrected chi connectivity index (χ1v) is 7.27. The van der Waals surface area contributed by atoms with E-state index in [0.717, 1.165) is 0 Å². The van der Waals surface area contributed by atoms with Crippen molar-refractivity contribution in [1.29, 1.82) is 0 Å². The Kier molecular flexibility index (Phi) is 6.17. The van der Waals surface area contributed by atoms with E-state index < -0.39 is 41.8 Å². The van der Waals surface area contributed by atoms with E-state index in [-0.39, 0.29) is 16.5 Å². The fourth-order valence-corrected chi connectivity index (χ4v) is 2.53. The third-order valence-corrected chi connectivity index (χ3v) is 3.89. The van der Waals surface area contributed by atoms with Crippen molar-refractivity contribution in [2.45, 2.75) is 32.5 Å². The number of rotatable bonds is 5. The van der Waals surface area contributed by atoms with Crippen LogP contribution in [0.2, 0.25) is 0 Å². The predicted molar refractivity (Wildman–Crippen MR) is 79.1 cm³/mol. The highest BCUT2D eigenvalue weighted by molar-refractivity contribution is 6.55. The normalized spacial score (nSPS) is 24.4. The van der Waals surface area contributed by atoms with E-state index in [2.05, 4.69) is 0 Å². The lowest BCUT2D eigenvalue weighted by molar-refractivity contribution is -0.148. The minimum atomic E-state index is -4.58. The topological polar surface area (TPSA) is 26.3 Å². The fraction of sp³-hybridized carbons (Fsp3) is 0.533. The van der Waals surface area contributed by atoms with Crippen LogP contribution in [-0.2, 0) is 9.53 Å². The fourth-order valence-electron chi connectivity index (χ4n) is 2.25. The molecule has 128 valence electrons. The molecule has 1 rings (SSSR count). The zero-order chi connectivity index (χ0) is 18.0. The number of terminal acetylenes is 1. The summed E-state index contributed by atoms with van der Waals surface area (Å²) in [6, 6.07) is 0. The quantitative estimate of drug-likeness (QED) is 0.388. The van der Waals surface area contributed by atoms with Crippen LogP contribution in [0.5, 0.6) is 0 Å². The minimum absolute atomic E-state index is 0.0249. The Morgan fingerprint density at radius 2 is 2.00 bits per heavy atom. The molecule has 0 heterocycles. The van der Waals surface area contributed by atoms with Crippen molar-refractivity contribution < 1.29 is 27.1 Å². The van der Waals surface area contributed by atoms with Crippen LogP contribution >= 0.6 is 23.2 Å². The average molecular weight is 373 g/mol. The van der Waals surface area contributed by atoms with Crippen molar-refractivity contribution in [3.63, 3.8) is 0 Å². The standard InChI is InChI=1S/C15H14Cl2F4O2/c1-4-10(9(18)5-6-15(19,20)21)23-13(22)12-8(7-11(16)17)14(12,2)3/h1,5,7-8,10,12H,6H2,2-3H3. The maximum Gasteiger partial charge on any atom is 0.392 e. The maximum atomic E-state index is 13.6. The summed E-state index contributed by atoms with van der Waals surface area (Å²) >= 11 is 11.1. The summed E-state index contributed by atoms with van der Waals surface area (Å²) in [5.74, 6) is -1.31. The van der Waals surface area contributed by atoms with Gasteiger partial charge in [-0.3, -0.25) is 4.79 Å². The molecule has 0 aliphatic heterocycles. The van der Waals surface area contributed by atoms with Crippen LogP contribution in [0.3, 0.4) is 0 Å². The molecule has 0 aromatic heterocycles. The van der Waals surface area contributed by atoms with Gasteiger partial charge in [-0.05, 0) is 23.5 Å². The molecule has 0 amide bonds. The number of carbonyl (C=O) groups is 1. The van der Waals surface area contributed by atoms with Crippen molar-refractivity contribution >= 4 is 29.2 Å². The van der Waals surface area contributed by atoms with Crippen molar-refractivity contribution in [3.8, 4) is 12.3 Å². The molecule has 0 aromatic rings. The first kappa shape index (κ1) is 19.9. The number of hydrogen-bond acceptors (Lipinski definition) is 2. The van der Waals surface area contributed by atoms with Crippen molar-refractivity contribution in [1.82, 2.24) is 0 Å². The summed E-state index contributed by atoms with van der Waals surface area (Å²) in [5, 5.41) is 0. The van der Waals surface area contributed by atoms with Gasteiger partial charge >= 0.3 is 12.1 Å². The maximum absolute atomic E-state index is 13.6. The molecule has 1 aliphatic rings. The summed E-state index contributed by atoms with van der Waals surface area (Å²) in [6.45, 7) is 3.50. The Morgan fingerprint density at radius 3 is 2.43 bits per heavy atom. The van der Waals surface area contributed by atoms with Crippen LogP contribution in [0, 0.1) is 29.6 Å². The van der Waals surface area contributed by atoms with E-state index in [4.69, 9.17) is 34.4 Å². The molecule has 0 N–H and O–H groups in total. The first-order valence-electron chi connectivity index (χ1n) is 6.52. The predicted octanol–water partition coefficient (Wildman–Crippen LogP) is 4.93. The Hall–Kier alpha value is -1.19. The second-order valence-corrected chi connectivity index (χ2v) is 6.68. The van der Waals surface area contributed by atoms with Gasteiger partial charge < -0.3 is 4.74 Å². The van der Waals surface area contributed by atoms with Crippen molar-refractivity contribution in [2.24, 2.45) is 17.3 Å². The average Bonchev–Trinajstić information content (AvgIpc) is 2.92. The highest BCUT2D eigenvalue weighted by atomic mass is 35.5.